The van der Waals surface area contributed by atoms with Crippen molar-refractivity contribution in [2.75, 3.05) is 57.3 Å². The molecule has 1 aliphatic heterocycles. The lowest BCUT2D eigenvalue weighted by Crippen LogP contribution is -2.47. The molecule has 2 aliphatic rings. The molecule has 2 aromatic carbocycles. The number of nitrogens with zero attached hydrogens (tertiary/aromatic N) is 4. The maximum absolute atomic E-state index is 13.0. The molecule has 5 rings (SSSR count). The van der Waals surface area contributed by atoms with Crippen LogP contribution < -0.4 is 24.0 Å². The van der Waals surface area contributed by atoms with Crippen LogP contribution in [0.4, 0.5) is 11.6 Å². The quantitative estimate of drug-likeness (QED) is 0.535. The van der Waals surface area contributed by atoms with E-state index in [0.717, 1.165) is 54.7 Å². The van der Waals surface area contributed by atoms with Crippen LogP contribution in [0.15, 0.2) is 48.7 Å². The Bertz CT molecular complexity index is 1210. The molecule has 0 radical (unpaired) electrons. The fourth-order valence-electron chi connectivity index (χ4n) is 4.92. The summed E-state index contributed by atoms with van der Waals surface area (Å²) in [5.74, 6) is 3.08. The van der Waals surface area contributed by atoms with Crippen LogP contribution in [0.3, 0.4) is 0 Å². The van der Waals surface area contributed by atoms with Crippen LogP contribution in [0.1, 0.15) is 34.0 Å². The molecule has 35 heavy (non-hydrogen) atoms. The predicted octanol–water partition coefficient (Wildman–Crippen LogP) is 3.74. The van der Waals surface area contributed by atoms with Gasteiger partial charge in [-0.3, -0.25) is 4.79 Å². The number of piperazine rings is 1. The van der Waals surface area contributed by atoms with Crippen molar-refractivity contribution in [2.24, 2.45) is 0 Å². The van der Waals surface area contributed by atoms with Gasteiger partial charge in [0.15, 0.2) is 5.78 Å². The van der Waals surface area contributed by atoms with Crippen LogP contribution in [0, 0.1) is 0 Å². The minimum Gasteiger partial charge on any atom is -0.497 e. The average molecular weight is 475 g/mol. The van der Waals surface area contributed by atoms with Crippen LogP contribution in [0.2, 0.25) is 0 Å². The number of carbonyl (C=O) groups excluding carboxylic acids is 1. The number of aromatic nitrogens is 2. The summed E-state index contributed by atoms with van der Waals surface area (Å²) in [6.45, 7) is 3.37. The third-order valence-electron chi connectivity index (χ3n) is 6.91. The first-order valence-electron chi connectivity index (χ1n) is 11.8. The second-order valence-electron chi connectivity index (χ2n) is 8.84. The van der Waals surface area contributed by atoms with Gasteiger partial charge in [0, 0.05) is 56.5 Å². The Morgan fingerprint density at radius 1 is 0.829 bits per heavy atom. The van der Waals surface area contributed by atoms with E-state index < -0.39 is 0 Å². The van der Waals surface area contributed by atoms with Gasteiger partial charge in [0.25, 0.3) is 0 Å². The minimum atomic E-state index is 0.00512. The molecular weight excluding hydrogens is 444 g/mol. The number of ketones is 1. The van der Waals surface area contributed by atoms with Gasteiger partial charge in [0.05, 0.1) is 32.6 Å². The SMILES string of the molecule is COc1ccc(N2CCN(c3ncc4c(n3)CC(c3ccc(OC)cc3OC)CC4=O)CC2)cc1. The van der Waals surface area contributed by atoms with Crippen molar-refractivity contribution < 1.29 is 19.0 Å². The van der Waals surface area contributed by atoms with Crippen molar-refractivity contribution in [3.63, 3.8) is 0 Å². The molecule has 3 aromatic rings. The number of hydrogen-bond donors (Lipinski definition) is 0. The minimum absolute atomic E-state index is 0.00512. The highest BCUT2D eigenvalue weighted by Gasteiger charge is 2.31. The number of Topliss-reactive ketones (excluding diaryl/α,β-unsaturated/α-hetero) is 1. The molecule has 1 unspecified atom stereocenters. The van der Waals surface area contributed by atoms with E-state index in [0.29, 0.717) is 24.4 Å². The van der Waals surface area contributed by atoms with E-state index in [1.54, 1.807) is 27.5 Å². The maximum Gasteiger partial charge on any atom is 0.225 e. The number of methoxy groups -OCH3 is 3. The number of carbonyl (C=O) groups is 1. The molecule has 0 saturated carbocycles. The topological polar surface area (TPSA) is 77.0 Å². The summed E-state index contributed by atoms with van der Waals surface area (Å²) in [7, 11) is 4.95. The van der Waals surface area contributed by atoms with Gasteiger partial charge in [-0.15, -0.1) is 0 Å². The first kappa shape index (κ1) is 23.0. The van der Waals surface area contributed by atoms with Gasteiger partial charge in [0.1, 0.15) is 17.2 Å². The summed E-state index contributed by atoms with van der Waals surface area (Å²) in [6.07, 6.45) is 2.79. The fraction of sp³-hybridized carbons (Fsp3) is 0.370. The molecule has 1 atom stereocenters. The Morgan fingerprint density at radius 3 is 2.20 bits per heavy atom. The molecule has 2 heterocycles. The molecule has 1 aromatic heterocycles. The highest BCUT2D eigenvalue weighted by molar-refractivity contribution is 5.98. The summed E-state index contributed by atoms with van der Waals surface area (Å²) in [4.78, 5) is 26.9. The molecule has 0 spiro atoms. The van der Waals surface area contributed by atoms with Crippen molar-refractivity contribution in [2.45, 2.75) is 18.8 Å². The molecule has 182 valence electrons. The molecule has 0 amide bonds. The van der Waals surface area contributed by atoms with Gasteiger partial charge in [0.2, 0.25) is 5.95 Å². The van der Waals surface area contributed by atoms with Crippen LogP contribution in [0.25, 0.3) is 0 Å². The van der Waals surface area contributed by atoms with E-state index >= 15 is 0 Å². The van der Waals surface area contributed by atoms with Crippen LogP contribution in [0.5, 0.6) is 17.2 Å². The lowest BCUT2D eigenvalue weighted by Gasteiger charge is -2.36. The number of fused-ring (bicyclic) bond motifs is 1. The van der Waals surface area contributed by atoms with Gasteiger partial charge >= 0.3 is 0 Å². The van der Waals surface area contributed by atoms with Gasteiger partial charge in [-0.25, -0.2) is 9.97 Å². The zero-order valence-electron chi connectivity index (χ0n) is 20.4. The number of benzene rings is 2. The van der Waals surface area contributed by atoms with Crippen LogP contribution >= 0.6 is 0 Å². The van der Waals surface area contributed by atoms with Gasteiger partial charge in [-0.2, -0.15) is 0 Å². The smallest absolute Gasteiger partial charge is 0.225 e. The fourth-order valence-corrected chi connectivity index (χ4v) is 4.92. The first-order valence-corrected chi connectivity index (χ1v) is 11.8. The monoisotopic (exact) mass is 474 g/mol. The molecule has 8 nitrogen and oxygen atoms in total. The molecule has 1 saturated heterocycles. The number of ether oxygens (including phenoxy) is 3. The molecule has 1 aliphatic carbocycles. The van der Waals surface area contributed by atoms with E-state index in [2.05, 4.69) is 26.9 Å². The molecule has 0 N–H and O–H groups in total. The molecule has 1 fully saturated rings. The normalized spacial score (nSPS) is 17.7. The standard InChI is InChI=1S/C27H30N4O4/c1-33-20-6-4-19(5-7-20)30-10-12-31(13-11-30)27-28-17-23-24(29-27)14-18(15-25(23)32)22-9-8-21(34-2)16-26(22)35-3/h4-9,16-18H,10-15H2,1-3H3. The lowest BCUT2D eigenvalue weighted by atomic mass is 9.82. The van der Waals surface area contributed by atoms with E-state index in [-0.39, 0.29) is 11.7 Å². The Labute approximate surface area is 205 Å². The van der Waals surface area contributed by atoms with E-state index in [9.17, 15) is 4.79 Å². The third kappa shape index (κ3) is 4.60. The third-order valence-corrected chi connectivity index (χ3v) is 6.91. The Balaban J connectivity index is 1.31. The van der Waals surface area contributed by atoms with E-state index in [1.165, 1.54) is 5.69 Å². The molecule has 0 bridgehead atoms. The van der Waals surface area contributed by atoms with Crippen LogP contribution in [-0.4, -0.2) is 63.3 Å². The second kappa shape index (κ2) is 9.82. The Morgan fingerprint density at radius 2 is 1.51 bits per heavy atom. The van der Waals surface area contributed by atoms with Crippen LogP contribution in [-0.2, 0) is 6.42 Å². The molecular formula is C27H30N4O4. The van der Waals surface area contributed by atoms with Crippen molar-refractivity contribution in [3.05, 3.63) is 65.5 Å². The Kier molecular flexibility index (Phi) is 6.44. The lowest BCUT2D eigenvalue weighted by molar-refractivity contribution is 0.0962. The van der Waals surface area contributed by atoms with E-state index in [4.69, 9.17) is 19.2 Å². The summed E-state index contributed by atoms with van der Waals surface area (Å²) in [5, 5.41) is 0. The predicted molar refractivity (Wildman–Crippen MR) is 134 cm³/mol. The van der Waals surface area contributed by atoms with Crippen molar-refractivity contribution in [1.82, 2.24) is 9.97 Å². The van der Waals surface area contributed by atoms with Crippen molar-refractivity contribution >= 4 is 17.4 Å². The zero-order valence-corrected chi connectivity index (χ0v) is 20.4. The average Bonchev–Trinajstić information content (AvgIpc) is 2.92. The number of rotatable bonds is 6. The Hall–Kier alpha value is -3.81. The summed E-state index contributed by atoms with van der Waals surface area (Å²) >= 11 is 0. The van der Waals surface area contributed by atoms with E-state index in [1.807, 2.05) is 30.3 Å². The number of hydrogen-bond acceptors (Lipinski definition) is 8. The summed E-state index contributed by atoms with van der Waals surface area (Å²) < 4.78 is 16.2. The maximum atomic E-state index is 13.0. The summed E-state index contributed by atoms with van der Waals surface area (Å²) in [6, 6.07) is 13.9. The van der Waals surface area contributed by atoms with Crippen molar-refractivity contribution in [1.29, 1.82) is 0 Å². The highest BCUT2D eigenvalue weighted by Crippen LogP contribution is 2.38. The summed E-state index contributed by atoms with van der Waals surface area (Å²) in [5.41, 5.74) is 3.63. The van der Waals surface area contributed by atoms with Gasteiger partial charge < -0.3 is 24.0 Å². The number of anilines is 2. The largest absolute Gasteiger partial charge is 0.497 e. The highest BCUT2D eigenvalue weighted by atomic mass is 16.5. The van der Waals surface area contributed by atoms with Crippen molar-refractivity contribution in [3.8, 4) is 17.2 Å². The van der Waals surface area contributed by atoms with Gasteiger partial charge in [-0.1, -0.05) is 6.07 Å². The van der Waals surface area contributed by atoms with Gasteiger partial charge in [-0.05, 0) is 42.3 Å². The molecule has 8 heteroatoms. The second-order valence-corrected chi connectivity index (χ2v) is 8.84. The zero-order chi connectivity index (χ0) is 24.4. The first-order chi connectivity index (χ1) is 17.1.